The molecule has 90 valence electrons. The fourth-order valence-corrected chi connectivity index (χ4v) is 1.99. The summed E-state index contributed by atoms with van der Waals surface area (Å²) in [6, 6.07) is 7.87. The average molecular weight is 230 g/mol. The SMILES string of the molecule is Cc1ccccc1-n1[nH]cc(CC(C)C)c1=O. The standard InChI is InChI=1S/C14H18N2O/c1-10(2)8-12-9-15-16(14(12)17)13-7-5-4-6-11(13)3/h4-7,9-10,15H,8H2,1-3H3. The van der Waals surface area contributed by atoms with Crippen molar-refractivity contribution in [3.05, 3.63) is 51.9 Å². The lowest BCUT2D eigenvalue weighted by atomic mass is 10.1. The van der Waals surface area contributed by atoms with Crippen molar-refractivity contribution >= 4 is 0 Å². The summed E-state index contributed by atoms with van der Waals surface area (Å²) in [4.78, 5) is 12.2. The van der Waals surface area contributed by atoms with Gasteiger partial charge in [0.05, 0.1) is 5.69 Å². The van der Waals surface area contributed by atoms with Crippen LogP contribution in [0.1, 0.15) is 25.0 Å². The van der Waals surface area contributed by atoms with Crippen molar-refractivity contribution in [2.75, 3.05) is 0 Å². The second-order valence-electron chi connectivity index (χ2n) is 4.82. The van der Waals surface area contributed by atoms with Crippen LogP contribution in [0.5, 0.6) is 0 Å². The van der Waals surface area contributed by atoms with Crippen molar-refractivity contribution in [1.29, 1.82) is 0 Å². The van der Waals surface area contributed by atoms with Gasteiger partial charge in [0.25, 0.3) is 5.56 Å². The van der Waals surface area contributed by atoms with Gasteiger partial charge in [-0.25, -0.2) is 4.68 Å². The first-order valence-electron chi connectivity index (χ1n) is 5.95. The summed E-state index contributed by atoms with van der Waals surface area (Å²) in [6.45, 7) is 6.24. The average Bonchev–Trinajstić information content (AvgIpc) is 2.61. The molecule has 0 atom stereocenters. The Morgan fingerprint density at radius 1 is 1.29 bits per heavy atom. The van der Waals surface area contributed by atoms with Crippen molar-refractivity contribution in [2.24, 2.45) is 5.92 Å². The van der Waals surface area contributed by atoms with Crippen LogP contribution in [0.2, 0.25) is 0 Å². The number of aryl methyl sites for hydroxylation is 1. The van der Waals surface area contributed by atoms with E-state index in [0.717, 1.165) is 23.2 Å². The number of hydrogen-bond donors (Lipinski definition) is 1. The van der Waals surface area contributed by atoms with Crippen molar-refractivity contribution in [2.45, 2.75) is 27.2 Å². The third-order valence-electron chi connectivity index (χ3n) is 2.83. The summed E-state index contributed by atoms with van der Waals surface area (Å²) in [5.41, 5.74) is 2.93. The highest BCUT2D eigenvalue weighted by Crippen LogP contribution is 2.11. The zero-order chi connectivity index (χ0) is 12.4. The van der Waals surface area contributed by atoms with E-state index >= 15 is 0 Å². The molecule has 0 fully saturated rings. The maximum atomic E-state index is 12.2. The molecule has 0 saturated carbocycles. The minimum absolute atomic E-state index is 0.0630. The lowest BCUT2D eigenvalue weighted by Crippen LogP contribution is -2.19. The van der Waals surface area contributed by atoms with E-state index < -0.39 is 0 Å². The molecule has 0 saturated heterocycles. The molecular formula is C14H18N2O. The maximum Gasteiger partial charge on any atom is 0.274 e. The van der Waals surface area contributed by atoms with E-state index in [1.54, 1.807) is 4.68 Å². The van der Waals surface area contributed by atoms with Crippen molar-refractivity contribution < 1.29 is 0 Å². The molecule has 1 heterocycles. The highest BCUT2D eigenvalue weighted by Gasteiger charge is 2.10. The first-order valence-corrected chi connectivity index (χ1v) is 5.95. The van der Waals surface area contributed by atoms with Crippen molar-refractivity contribution in [1.82, 2.24) is 9.78 Å². The molecule has 0 radical (unpaired) electrons. The minimum Gasteiger partial charge on any atom is -0.298 e. The molecule has 0 aliphatic rings. The molecule has 0 spiro atoms. The fourth-order valence-electron chi connectivity index (χ4n) is 1.99. The molecule has 3 nitrogen and oxygen atoms in total. The van der Waals surface area contributed by atoms with E-state index in [2.05, 4.69) is 18.9 Å². The third kappa shape index (κ3) is 2.33. The summed E-state index contributed by atoms with van der Waals surface area (Å²) in [5, 5.41) is 3.04. The smallest absolute Gasteiger partial charge is 0.274 e. The van der Waals surface area contributed by atoms with Crippen LogP contribution in [0.25, 0.3) is 5.69 Å². The van der Waals surface area contributed by atoms with Crippen LogP contribution in [-0.4, -0.2) is 9.78 Å². The predicted molar refractivity (Wildman–Crippen MR) is 69.7 cm³/mol. The number of H-pyrrole nitrogens is 1. The Kier molecular flexibility index (Phi) is 3.18. The normalized spacial score (nSPS) is 11.1. The summed E-state index contributed by atoms with van der Waals surface area (Å²) in [7, 11) is 0. The Morgan fingerprint density at radius 3 is 2.65 bits per heavy atom. The van der Waals surface area contributed by atoms with Gasteiger partial charge in [-0.2, -0.15) is 0 Å². The van der Waals surface area contributed by atoms with Crippen molar-refractivity contribution in [3.8, 4) is 5.69 Å². The third-order valence-corrected chi connectivity index (χ3v) is 2.83. The monoisotopic (exact) mass is 230 g/mol. The van der Waals surface area contributed by atoms with Gasteiger partial charge in [-0.05, 0) is 30.9 Å². The zero-order valence-corrected chi connectivity index (χ0v) is 10.5. The van der Waals surface area contributed by atoms with Gasteiger partial charge < -0.3 is 0 Å². The number of nitrogens with one attached hydrogen (secondary N) is 1. The van der Waals surface area contributed by atoms with Crippen LogP contribution in [0.15, 0.2) is 35.3 Å². The summed E-state index contributed by atoms with van der Waals surface area (Å²) < 4.78 is 1.62. The Labute approximate surface area is 101 Å². The van der Waals surface area contributed by atoms with E-state index in [1.165, 1.54) is 0 Å². The lowest BCUT2D eigenvalue weighted by Gasteiger charge is -2.04. The van der Waals surface area contributed by atoms with Crippen molar-refractivity contribution in [3.63, 3.8) is 0 Å². The molecule has 0 aliphatic carbocycles. The molecule has 1 N–H and O–H groups in total. The Morgan fingerprint density at radius 2 is 2.00 bits per heavy atom. The maximum absolute atomic E-state index is 12.2. The highest BCUT2D eigenvalue weighted by molar-refractivity contribution is 5.39. The van der Waals surface area contributed by atoms with Crippen LogP contribution < -0.4 is 5.56 Å². The molecule has 2 aromatic rings. The van der Waals surface area contributed by atoms with E-state index in [1.807, 2.05) is 37.4 Å². The van der Waals surface area contributed by atoms with Gasteiger partial charge in [0.1, 0.15) is 0 Å². The van der Waals surface area contributed by atoms with E-state index in [4.69, 9.17) is 0 Å². The molecule has 1 aromatic carbocycles. The van der Waals surface area contributed by atoms with Gasteiger partial charge in [-0.15, -0.1) is 0 Å². The molecule has 0 unspecified atom stereocenters. The van der Waals surface area contributed by atoms with E-state index in [9.17, 15) is 4.79 Å². The molecule has 0 bridgehead atoms. The Balaban J connectivity index is 2.45. The van der Waals surface area contributed by atoms with Gasteiger partial charge >= 0.3 is 0 Å². The zero-order valence-electron chi connectivity index (χ0n) is 10.5. The van der Waals surface area contributed by atoms with Gasteiger partial charge in [0.2, 0.25) is 0 Å². The number of aromatic amines is 1. The predicted octanol–water partition coefficient (Wildman–Crippen LogP) is 2.67. The second kappa shape index (κ2) is 4.62. The first-order chi connectivity index (χ1) is 8.09. The fraction of sp³-hybridized carbons (Fsp3) is 0.357. The van der Waals surface area contributed by atoms with Crippen LogP contribution in [0.4, 0.5) is 0 Å². The highest BCUT2D eigenvalue weighted by atomic mass is 16.1. The Hall–Kier alpha value is -1.77. The minimum atomic E-state index is 0.0630. The van der Waals surface area contributed by atoms with Crippen LogP contribution in [0, 0.1) is 12.8 Å². The Bertz CT molecular complexity index is 564. The first kappa shape index (κ1) is 11.7. The number of benzene rings is 1. The topological polar surface area (TPSA) is 37.8 Å². The van der Waals surface area contributed by atoms with Crippen LogP contribution in [0.3, 0.4) is 0 Å². The number of aromatic nitrogens is 2. The number of rotatable bonds is 3. The molecule has 1 aromatic heterocycles. The number of para-hydroxylation sites is 1. The van der Waals surface area contributed by atoms with Gasteiger partial charge in [0.15, 0.2) is 0 Å². The van der Waals surface area contributed by atoms with Crippen LogP contribution >= 0.6 is 0 Å². The number of nitrogens with zero attached hydrogens (tertiary/aromatic N) is 1. The van der Waals surface area contributed by atoms with Gasteiger partial charge in [-0.3, -0.25) is 9.89 Å². The lowest BCUT2D eigenvalue weighted by molar-refractivity contribution is 0.644. The second-order valence-corrected chi connectivity index (χ2v) is 4.82. The molecule has 0 amide bonds. The molecule has 2 rings (SSSR count). The number of hydrogen-bond acceptors (Lipinski definition) is 1. The summed E-state index contributed by atoms with van der Waals surface area (Å²) >= 11 is 0. The quantitative estimate of drug-likeness (QED) is 0.865. The summed E-state index contributed by atoms with van der Waals surface area (Å²) in [5.74, 6) is 0.490. The van der Waals surface area contributed by atoms with Gasteiger partial charge in [-0.1, -0.05) is 32.0 Å². The van der Waals surface area contributed by atoms with E-state index in [0.29, 0.717) is 5.92 Å². The van der Waals surface area contributed by atoms with E-state index in [-0.39, 0.29) is 5.56 Å². The molecule has 0 aliphatic heterocycles. The van der Waals surface area contributed by atoms with Gasteiger partial charge in [0, 0.05) is 11.8 Å². The molecule has 17 heavy (non-hydrogen) atoms. The van der Waals surface area contributed by atoms with Crippen LogP contribution in [-0.2, 0) is 6.42 Å². The molecule has 3 heteroatoms. The largest absolute Gasteiger partial charge is 0.298 e. The summed E-state index contributed by atoms with van der Waals surface area (Å²) in [6.07, 6.45) is 2.63. The molecular weight excluding hydrogens is 212 g/mol.